The number of aliphatic hydroxyl groups is 1. The van der Waals surface area contributed by atoms with Crippen LogP contribution in [-0.4, -0.2) is 32.2 Å². The quantitative estimate of drug-likeness (QED) is 0.866. The second-order valence-corrected chi connectivity index (χ2v) is 7.78. The van der Waals surface area contributed by atoms with Gasteiger partial charge in [-0.05, 0) is 31.4 Å². The van der Waals surface area contributed by atoms with E-state index in [0.29, 0.717) is 25.2 Å². The Bertz CT molecular complexity index is 632. The minimum absolute atomic E-state index is 0.172. The number of sulfonamides is 1. The molecule has 1 heterocycles. The van der Waals surface area contributed by atoms with Crippen LogP contribution in [0, 0.1) is 5.92 Å². The average Bonchev–Trinajstić information content (AvgIpc) is 2.45. The lowest BCUT2D eigenvalue weighted by Gasteiger charge is -2.48. The molecule has 0 spiro atoms. The Balaban J connectivity index is 1.90. The van der Waals surface area contributed by atoms with Gasteiger partial charge in [-0.25, -0.2) is 13.6 Å². The van der Waals surface area contributed by atoms with Crippen molar-refractivity contribution in [1.82, 2.24) is 0 Å². The molecule has 0 amide bonds. The number of hydrogen-bond acceptors (Lipinski definition) is 4. The zero-order chi connectivity index (χ0) is 15.1. The topological polar surface area (TPSA) is 83.6 Å². The Hall–Kier alpha value is -1.11. The summed E-state index contributed by atoms with van der Waals surface area (Å²) >= 11 is 0. The van der Waals surface area contributed by atoms with Crippen LogP contribution >= 0.6 is 0 Å². The zero-order valence-electron chi connectivity index (χ0n) is 12.0. The van der Waals surface area contributed by atoms with E-state index in [9.17, 15) is 13.5 Å². The number of piperidine rings is 1. The molecule has 2 unspecified atom stereocenters. The summed E-state index contributed by atoms with van der Waals surface area (Å²) in [4.78, 5) is 2.23. The van der Waals surface area contributed by atoms with Crippen molar-refractivity contribution in [2.24, 2.45) is 11.1 Å². The lowest BCUT2D eigenvalue weighted by atomic mass is 9.71. The van der Waals surface area contributed by atoms with E-state index in [-0.39, 0.29) is 10.8 Å². The Morgan fingerprint density at radius 2 is 2.00 bits per heavy atom. The highest BCUT2D eigenvalue weighted by molar-refractivity contribution is 7.89. The normalized spacial score (nSPS) is 30.0. The maximum Gasteiger partial charge on any atom is 0.240 e. The number of para-hydroxylation sites is 1. The molecule has 2 aliphatic rings. The molecule has 5 nitrogen and oxygen atoms in total. The van der Waals surface area contributed by atoms with Crippen LogP contribution in [0.1, 0.15) is 32.1 Å². The van der Waals surface area contributed by atoms with Crippen LogP contribution in [0.4, 0.5) is 5.69 Å². The van der Waals surface area contributed by atoms with Gasteiger partial charge in [0.2, 0.25) is 10.0 Å². The second kappa shape index (κ2) is 5.26. The van der Waals surface area contributed by atoms with Gasteiger partial charge in [-0.2, -0.15) is 0 Å². The second-order valence-electron chi connectivity index (χ2n) is 6.26. The highest BCUT2D eigenvalue weighted by Crippen LogP contribution is 2.41. The van der Waals surface area contributed by atoms with Gasteiger partial charge in [-0.3, -0.25) is 0 Å². The molecule has 1 saturated carbocycles. The third-order valence-electron chi connectivity index (χ3n) is 4.94. The highest BCUT2D eigenvalue weighted by Gasteiger charge is 2.43. The number of benzene rings is 1. The molecule has 116 valence electrons. The van der Waals surface area contributed by atoms with Crippen LogP contribution in [0.2, 0.25) is 0 Å². The number of fused-ring (bicyclic) bond motifs is 1. The van der Waals surface area contributed by atoms with E-state index in [1.807, 2.05) is 6.07 Å². The first-order valence-corrected chi connectivity index (χ1v) is 9.04. The average molecular weight is 310 g/mol. The van der Waals surface area contributed by atoms with Gasteiger partial charge in [0.15, 0.2) is 0 Å². The Morgan fingerprint density at radius 1 is 1.24 bits per heavy atom. The maximum absolute atomic E-state index is 11.7. The van der Waals surface area contributed by atoms with Crippen LogP contribution in [0.3, 0.4) is 0 Å². The maximum atomic E-state index is 11.7. The molecule has 1 saturated heterocycles. The van der Waals surface area contributed by atoms with Crippen molar-refractivity contribution in [1.29, 1.82) is 0 Å². The van der Waals surface area contributed by atoms with Gasteiger partial charge >= 0.3 is 0 Å². The number of nitrogens with zero attached hydrogens (tertiary/aromatic N) is 1. The molecule has 0 radical (unpaired) electrons. The van der Waals surface area contributed by atoms with Crippen molar-refractivity contribution in [2.45, 2.75) is 42.6 Å². The summed E-state index contributed by atoms with van der Waals surface area (Å²) in [5.74, 6) is 0.216. The van der Waals surface area contributed by atoms with Crippen molar-refractivity contribution >= 4 is 15.7 Å². The molecule has 21 heavy (non-hydrogen) atoms. The van der Waals surface area contributed by atoms with Crippen molar-refractivity contribution in [3.05, 3.63) is 24.3 Å². The third-order valence-corrected chi connectivity index (χ3v) is 5.90. The number of primary sulfonamides is 1. The molecule has 1 aliphatic heterocycles. The first-order valence-electron chi connectivity index (χ1n) is 7.49. The molecule has 3 rings (SSSR count). The predicted molar refractivity (Wildman–Crippen MR) is 81.6 cm³/mol. The molecule has 2 fully saturated rings. The van der Waals surface area contributed by atoms with Crippen molar-refractivity contribution in [3.8, 4) is 0 Å². The molecule has 0 bridgehead atoms. The summed E-state index contributed by atoms with van der Waals surface area (Å²) < 4.78 is 23.5. The monoisotopic (exact) mass is 310 g/mol. The SMILES string of the molecule is NS(=O)(=O)c1ccccc1N1CCC2(O)CCCCC2C1. The Kier molecular flexibility index (Phi) is 3.71. The van der Waals surface area contributed by atoms with Crippen LogP contribution in [-0.2, 0) is 10.0 Å². The molecular formula is C15H22N2O3S. The number of nitrogens with two attached hydrogens (primary N) is 1. The van der Waals surface area contributed by atoms with E-state index in [0.717, 1.165) is 25.7 Å². The van der Waals surface area contributed by atoms with Crippen molar-refractivity contribution < 1.29 is 13.5 Å². The fourth-order valence-corrected chi connectivity index (χ4v) is 4.51. The minimum Gasteiger partial charge on any atom is -0.389 e. The number of hydrogen-bond donors (Lipinski definition) is 2. The van der Waals surface area contributed by atoms with Gasteiger partial charge in [0.1, 0.15) is 4.90 Å². The molecule has 1 aliphatic carbocycles. The predicted octanol–water partition coefficient (Wildman–Crippen LogP) is 1.47. The van der Waals surface area contributed by atoms with Crippen LogP contribution in [0.15, 0.2) is 29.2 Å². The highest BCUT2D eigenvalue weighted by atomic mass is 32.2. The van der Waals surface area contributed by atoms with E-state index >= 15 is 0 Å². The van der Waals surface area contributed by atoms with Gasteiger partial charge in [0, 0.05) is 19.0 Å². The molecule has 0 aromatic heterocycles. The van der Waals surface area contributed by atoms with Gasteiger partial charge in [-0.15, -0.1) is 0 Å². The van der Waals surface area contributed by atoms with Crippen LogP contribution < -0.4 is 10.0 Å². The Morgan fingerprint density at radius 3 is 2.76 bits per heavy atom. The van der Waals surface area contributed by atoms with E-state index in [4.69, 9.17) is 5.14 Å². The van der Waals surface area contributed by atoms with Crippen LogP contribution in [0.5, 0.6) is 0 Å². The first-order chi connectivity index (χ1) is 9.90. The standard InChI is InChI=1S/C15H22N2O3S/c16-21(19,20)14-7-2-1-6-13(14)17-10-9-15(18)8-4-3-5-12(15)11-17/h1-2,6-7,12,18H,3-5,8-11H2,(H2,16,19,20). The largest absolute Gasteiger partial charge is 0.389 e. The van der Waals surface area contributed by atoms with E-state index in [1.54, 1.807) is 18.2 Å². The summed E-state index contributed by atoms with van der Waals surface area (Å²) in [6, 6.07) is 6.86. The lowest BCUT2D eigenvalue weighted by Crippen LogP contribution is -2.53. The van der Waals surface area contributed by atoms with E-state index in [1.165, 1.54) is 0 Å². The van der Waals surface area contributed by atoms with Gasteiger partial charge < -0.3 is 10.0 Å². The fraction of sp³-hybridized carbons (Fsp3) is 0.600. The molecule has 1 aromatic carbocycles. The first kappa shape index (κ1) is 14.8. The lowest BCUT2D eigenvalue weighted by molar-refractivity contribution is -0.0613. The zero-order valence-corrected chi connectivity index (χ0v) is 12.8. The Labute approximate surface area is 125 Å². The molecule has 6 heteroatoms. The summed E-state index contributed by atoms with van der Waals surface area (Å²) in [5.41, 5.74) is 0.0956. The number of rotatable bonds is 2. The van der Waals surface area contributed by atoms with E-state index < -0.39 is 15.6 Å². The smallest absolute Gasteiger partial charge is 0.240 e. The fourth-order valence-electron chi connectivity index (χ4n) is 3.75. The van der Waals surface area contributed by atoms with Crippen molar-refractivity contribution in [2.75, 3.05) is 18.0 Å². The summed E-state index contributed by atoms with van der Waals surface area (Å²) in [6.07, 6.45) is 4.78. The molecule has 1 aromatic rings. The third kappa shape index (κ3) is 2.80. The van der Waals surface area contributed by atoms with Gasteiger partial charge in [0.05, 0.1) is 11.3 Å². The number of anilines is 1. The summed E-state index contributed by atoms with van der Waals surface area (Å²) in [5, 5.41) is 16.0. The van der Waals surface area contributed by atoms with Gasteiger partial charge in [0.25, 0.3) is 0 Å². The summed E-state index contributed by atoms with van der Waals surface area (Å²) in [7, 11) is -3.73. The molecular weight excluding hydrogens is 288 g/mol. The minimum atomic E-state index is -3.73. The van der Waals surface area contributed by atoms with Crippen molar-refractivity contribution in [3.63, 3.8) is 0 Å². The van der Waals surface area contributed by atoms with Crippen LogP contribution in [0.25, 0.3) is 0 Å². The summed E-state index contributed by atoms with van der Waals surface area (Å²) in [6.45, 7) is 1.36. The van der Waals surface area contributed by atoms with Gasteiger partial charge in [-0.1, -0.05) is 25.0 Å². The van der Waals surface area contributed by atoms with E-state index in [2.05, 4.69) is 4.90 Å². The molecule has 3 N–H and O–H groups in total. The molecule has 2 atom stereocenters.